The normalized spacial score (nSPS) is 12.3. The van der Waals surface area contributed by atoms with Crippen LogP contribution in [0.15, 0.2) is 78.9 Å². The van der Waals surface area contributed by atoms with Crippen LogP contribution in [-0.4, -0.2) is 35.2 Å². The first-order valence-electron chi connectivity index (χ1n) is 10.9. The quantitative estimate of drug-likeness (QED) is 0.331. The van der Waals surface area contributed by atoms with Crippen LogP contribution in [0.4, 0.5) is 14.9 Å². The van der Waals surface area contributed by atoms with Gasteiger partial charge in [-0.15, -0.1) is 0 Å². The summed E-state index contributed by atoms with van der Waals surface area (Å²) in [6, 6.07) is 18.7. The molecule has 0 spiro atoms. The van der Waals surface area contributed by atoms with Crippen LogP contribution in [0, 0.1) is 5.82 Å². The fraction of sp³-hybridized carbons (Fsp3) is 0.192. The minimum atomic E-state index is -1.29. The number of benzene rings is 3. The van der Waals surface area contributed by atoms with Crippen molar-refractivity contribution in [2.75, 3.05) is 5.73 Å². The molecule has 0 aliphatic carbocycles. The standard InChI is InChI=1S/C26H26FN3O5/c27-20-10-6-17(7-11-20)15-23(25(32)33)29-24(31)22(14-18-8-12-21(28)13-9-18)30-26(34)35-16-19-4-2-1-3-5-19/h1-13,22-23H,14-16,28H2,(H,29,31)(H,30,34)(H,32,33). The number of nitrogen functional groups attached to an aromatic ring is 1. The summed E-state index contributed by atoms with van der Waals surface area (Å²) in [6.07, 6.45) is -0.807. The Balaban J connectivity index is 1.70. The molecule has 9 heteroatoms. The van der Waals surface area contributed by atoms with E-state index in [0.717, 1.165) is 5.56 Å². The SMILES string of the molecule is Nc1ccc(CC(NC(=O)OCc2ccccc2)C(=O)NC(Cc2ccc(F)cc2)C(=O)O)cc1. The van der Waals surface area contributed by atoms with Crippen molar-refractivity contribution < 1.29 is 28.6 Å². The Kier molecular flexibility index (Phi) is 8.77. The van der Waals surface area contributed by atoms with Crippen LogP contribution >= 0.6 is 0 Å². The molecule has 0 aliphatic rings. The lowest BCUT2D eigenvalue weighted by molar-refractivity contribution is -0.142. The molecule has 3 aromatic carbocycles. The molecule has 2 amide bonds. The fourth-order valence-electron chi connectivity index (χ4n) is 3.33. The predicted octanol–water partition coefficient (Wildman–Crippen LogP) is 3.06. The lowest BCUT2D eigenvalue weighted by Gasteiger charge is -2.22. The van der Waals surface area contributed by atoms with Gasteiger partial charge in [-0.05, 0) is 41.0 Å². The summed E-state index contributed by atoms with van der Waals surface area (Å²) < 4.78 is 18.4. The molecule has 2 atom stereocenters. The molecule has 2 unspecified atom stereocenters. The Morgan fingerprint density at radius 2 is 1.37 bits per heavy atom. The van der Waals surface area contributed by atoms with Crippen LogP contribution < -0.4 is 16.4 Å². The number of alkyl carbamates (subject to hydrolysis) is 1. The molecule has 3 rings (SSSR count). The van der Waals surface area contributed by atoms with Crippen molar-refractivity contribution in [2.45, 2.75) is 31.5 Å². The van der Waals surface area contributed by atoms with Crippen molar-refractivity contribution >= 4 is 23.7 Å². The molecule has 3 aromatic rings. The van der Waals surface area contributed by atoms with E-state index in [9.17, 15) is 23.9 Å². The zero-order chi connectivity index (χ0) is 25.2. The van der Waals surface area contributed by atoms with Crippen LogP contribution in [0.2, 0.25) is 0 Å². The van der Waals surface area contributed by atoms with Gasteiger partial charge in [-0.25, -0.2) is 14.0 Å². The average Bonchev–Trinajstić information content (AvgIpc) is 2.85. The lowest BCUT2D eigenvalue weighted by atomic mass is 10.0. The van der Waals surface area contributed by atoms with Gasteiger partial charge in [0.2, 0.25) is 5.91 Å². The van der Waals surface area contributed by atoms with E-state index in [4.69, 9.17) is 10.5 Å². The number of nitrogens with two attached hydrogens (primary N) is 1. The Bertz CT molecular complexity index is 1140. The number of hydrogen-bond acceptors (Lipinski definition) is 5. The molecule has 8 nitrogen and oxygen atoms in total. The predicted molar refractivity (Wildman–Crippen MR) is 128 cm³/mol. The summed E-state index contributed by atoms with van der Waals surface area (Å²) in [4.78, 5) is 37.3. The van der Waals surface area contributed by atoms with Crippen molar-refractivity contribution in [3.63, 3.8) is 0 Å². The average molecular weight is 480 g/mol. The number of nitrogens with one attached hydrogen (secondary N) is 2. The molecule has 5 N–H and O–H groups in total. The Morgan fingerprint density at radius 1 is 0.800 bits per heavy atom. The number of amides is 2. The molecule has 0 fully saturated rings. The van der Waals surface area contributed by atoms with Gasteiger partial charge in [0.1, 0.15) is 24.5 Å². The third-order valence-electron chi connectivity index (χ3n) is 5.21. The van der Waals surface area contributed by atoms with E-state index in [2.05, 4.69) is 10.6 Å². The second-order valence-corrected chi connectivity index (χ2v) is 7.93. The Hall–Kier alpha value is -4.40. The first-order chi connectivity index (χ1) is 16.8. The van der Waals surface area contributed by atoms with E-state index in [1.807, 2.05) is 6.07 Å². The molecule has 182 valence electrons. The number of hydrogen-bond donors (Lipinski definition) is 4. The van der Waals surface area contributed by atoms with Crippen LogP contribution in [0.5, 0.6) is 0 Å². The molecule has 0 aromatic heterocycles. The van der Waals surface area contributed by atoms with Gasteiger partial charge >= 0.3 is 12.1 Å². The van der Waals surface area contributed by atoms with E-state index < -0.39 is 35.9 Å². The van der Waals surface area contributed by atoms with Crippen molar-refractivity contribution in [1.82, 2.24) is 10.6 Å². The summed E-state index contributed by atoms with van der Waals surface area (Å²) in [6.45, 7) is 0.00516. The molecule has 35 heavy (non-hydrogen) atoms. The molecular formula is C26H26FN3O5. The van der Waals surface area contributed by atoms with E-state index >= 15 is 0 Å². The maximum Gasteiger partial charge on any atom is 0.408 e. The van der Waals surface area contributed by atoms with Crippen LogP contribution in [0.3, 0.4) is 0 Å². The summed E-state index contributed by atoms with van der Waals surface area (Å²) >= 11 is 0. The summed E-state index contributed by atoms with van der Waals surface area (Å²) in [5.74, 6) is -2.42. The number of anilines is 1. The fourth-order valence-corrected chi connectivity index (χ4v) is 3.33. The summed E-state index contributed by atoms with van der Waals surface area (Å²) in [5.41, 5.74) is 8.26. The van der Waals surface area contributed by atoms with E-state index in [1.54, 1.807) is 48.5 Å². The molecular weight excluding hydrogens is 453 g/mol. The van der Waals surface area contributed by atoms with Crippen molar-refractivity contribution in [2.24, 2.45) is 0 Å². The topological polar surface area (TPSA) is 131 Å². The van der Waals surface area contributed by atoms with Gasteiger partial charge in [0.25, 0.3) is 0 Å². The number of halogens is 1. The smallest absolute Gasteiger partial charge is 0.408 e. The molecule has 0 radical (unpaired) electrons. The second kappa shape index (κ2) is 12.2. The third kappa shape index (κ3) is 8.15. The molecule has 0 saturated heterocycles. The van der Waals surface area contributed by atoms with Crippen LogP contribution in [0.1, 0.15) is 16.7 Å². The minimum absolute atomic E-state index is 0.00516. The highest BCUT2D eigenvalue weighted by Gasteiger charge is 2.27. The number of carbonyl (C=O) groups excluding carboxylic acids is 2. The van der Waals surface area contributed by atoms with Crippen molar-refractivity contribution in [3.05, 3.63) is 101 Å². The number of ether oxygens (including phenoxy) is 1. The van der Waals surface area contributed by atoms with Gasteiger partial charge in [-0.2, -0.15) is 0 Å². The lowest BCUT2D eigenvalue weighted by Crippen LogP contribution is -2.53. The summed E-state index contributed by atoms with van der Waals surface area (Å²) in [5, 5.41) is 14.6. The molecule has 0 saturated carbocycles. The Labute approximate surface area is 201 Å². The number of rotatable bonds is 10. The van der Waals surface area contributed by atoms with Gasteiger partial charge in [-0.3, -0.25) is 4.79 Å². The zero-order valence-corrected chi connectivity index (χ0v) is 18.8. The monoisotopic (exact) mass is 479 g/mol. The summed E-state index contributed by atoms with van der Waals surface area (Å²) in [7, 11) is 0. The highest BCUT2D eigenvalue weighted by molar-refractivity contribution is 5.89. The van der Waals surface area contributed by atoms with E-state index in [1.165, 1.54) is 24.3 Å². The minimum Gasteiger partial charge on any atom is -0.480 e. The van der Waals surface area contributed by atoms with Gasteiger partial charge in [0.15, 0.2) is 0 Å². The van der Waals surface area contributed by atoms with Crippen LogP contribution in [0.25, 0.3) is 0 Å². The third-order valence-corrected chi connectivity index (χ3v) is 5.21. The number of carboxylic acids is 1. The maximum atomic E-state index is 13.2. The number of carboxylic acid groups (broad SMARTS) is 1. The first kappa shape index (κ1) is 25.2. The zero-order valence-electron chi connectivity index (χ0n) is 18.8. The number of carbonyl (C=O) groups is 3. The maximum absolute atomic E-state index is 13.2. The first-order valence-corrected chi connectivity index (χ1v) is 10.9. The van der Waals surface area contributed by atoms with Crippen molar-refractivity contribution in [3.8, 4) is 0 Å². The van der Waals surface area contributed by atoms with Gasteiger partial charge in [-0.1, -0.05) is 54.6 Å². The van der Waals surface area contributed by atoms with Crippen LogP contribution in [-0.2, 0) is 33.8 Å². The van der Waals surface area contributed by atoms with E-state index in [-0.39, 0.29) is 19.4 Å². The Morgan fingerprint density at radius 3 is 1.97 bits per heavy atom. The second-order valence-electron chi connectivity index (χ2n) is 7.93. The van der Waals surface area contributed by atoms with Gasteiger partial charge in [0.05, 0.1) is 0 Å². The van der Waals surface area contributed by atoms with E-state index in [0.29, 0.717) is 16.8 Å². The largest absolute Gasteiger partial charge is 0.480 e. The molecule has 0 bridgehead atoms. The molecule has 0 aliphatic heterocycles. The highest BCUT2D eigenvalue weighted by atomic mass is 19.1. The highest BCUT2D eigenvalue weighted by Crippen LogP contribution is 2.11. The van der Waals surface area contributed by atoms with Gasteiger partial charge < -0.3 is 26.2 Å². The van der Waals surface area contributed by atoms with Gasteiger partial charge in [0, 0.05) is 18.5 Å². The number of aliphatic carboxylic acids is 1. The van der Waals surface area contributed by atoms with Crippen molar-refractivity contribution in [1.29, 1.82) is 0 Å². The molecule has 0 heterocycles.